The highest BCUT2D eigenvalue weighted by atomic mass is 16.7. The van der Waals surface area contributed by atoms with Gasteiger partial charge in [0.15, 0.2) is 6.29 Å². The van der Waals surface area contributed by atoms with Crippen molar-refractivity contribution >= 4 is 16.8 Å². The first kappa shape index (κ1) is 11.4. The molecule has 0 amide bonds. The Morgan fingerprint density at radius 3 is 2.94 bits per heavy atom. The van der Waals surface area contributed by atoms with Crippen LogP contribution in [-0.2, 0) is 14.3 Å². The smallest absolute Gasteiger partial charge is 0.164 e. The number of rotatable bonds is 2. The van der Waals surface area contributed by atoms with E-state index in [1.165, 1.54) is 0 Å². The van der Waals surface area contributed by atoms with Gasteiger partial charge in [-0.3, -0.25) is 4.79 Å². The van der Waals surface area contributed by atoms with Crippen LogP contribution in [0.15, 0.2) is 34.9 Å². The average Bonchev–Trinajstić information content (AvgIpc) is 2.81. The molecule has 0 radical (unpaired) electrons. The van der Waals surface area contributed by atoms with Crippen LogP contribution in [0, 0.1) is 0 Å². The predicted molar refractivity (Wildman–Crippen MR) is 65.1 cm³/mol. The van der Waals surface area contributed by atoms with E-state index in [1.54, 1.807) is 13.4 Å². The van der Waals surface area contributed by atoms with Gasteiger partial charge in [0.25, 0.3) is 0 Å². The van der Waals surface area contributed by atoms with Crippen LogP contribution in [0.5, 0.6) is 0 Å². The van der Waals surface area contributed by atoms with Crippen LogP contribution in [-0.4, -0.2) is 19.2 Å². The lowest BCUT2D eigenvalue weighted by Gasteiger charge is -2.27. The zero-order valence-corrected chi connectivity index (χ0v) is 10.1. The Hall–Kier alpha value is -1.65. The number of Topliss-reactive ketones (excluding diaryl/α,β-unsaturated/α-hetero) is 1. The van der Waals surface area contributed by atoms with E-state index >= 15 is 0 Å². The number of hydrogen-bond acceptors (Lipinski definition) is 4. The van der Waals surface area contributed by atoms with Crippen molar-refractivity contribution in [3.8, 4) is 0 Å². The number of carbonyl (C=O) groups excluding carboxylic acids is 1. The van der Waals surface area contributed by atoms with E-state index < -0.39 is 6.29 Å². The van der Waals surface area contributed by atoms with Crippen LogP contribution in [0.1, 0.15) is 24.5 Å². The summed E-state index contributed by atoms with van der Waals surface area (Å²) in [6.45, 7) is 0. The van der Waals surface area contributed by atoms with E-state index in [-0.39, 0.29) is 11.9 Å². The summed E-state index contributed by atoms with van der Waals surface area (Å²) in [7, 11) is 1.55. The first-order chi connectivity index (χ1) is 8.78. The standard InChI is InChI=1S/C14H14O4/c1-16-14-7-9(15)6-13(18-14)11-8-17-12-5-3-2-4-10(11)12/h2-5,8,13-14H,6-7H2,1H3. The van der Waals surface area contributed by atoms with Crippen LogP contribution < -0.4 is 0 Å². The fourth-order valence-corrected chi connectivity index (χ4v) is 2.33. The maximum atomic E-state index is 11.7. The van der Waals surface area contributed by atoms with E-state index in [4.69, 9.17) is 13.9 Å². The second-order valence-corrected chi connectivity index (χ2v) is 4.42. The molecule has 18 heavy (non-hydrogen) atoms. The topological polar surface area (TPSA) is 48.7 Å². The minimum Gasteiger partial charge on any atom is -0.464 e. The van der Waals surface area contributed by atoms with E-state index in [0.717, 1.165) is 16.5 Å². The Labute approximate surface area is 104 Å². The molecular weight excluding hydrogens is 232 g/mol. The number of furan rings is 1. The summed E-state index contributed by atoms with van der Waals surface area (Å²) in [6, 6.07) is 7.73. The maximum Gasteiger partial charge on any atom is 0.164 e. The summed E-state index contributed by atoms with van der Waals surface area (Å²) < 4.78 is 16.4. The number of methoxy groups -OCH3 is 1. The van der Waals surface area contributed by atoms with Gasteiger partial charge in [0.2, 0.25) is 0 Å². The van der Waals surface area contributed by atoms with Crippen molar-refractivity contribution in [2.75, 3.05) is 7.11 Å². The molecule has 2 heterocycles. The second-order valence-electron chi connectivity index (χ2n) is 4.42. The van der Waals surface area contributed by atoms with E-state index in [9.17, 15) is 4.79 Å². The fourth-order valence-electron chi connectivity index (χ4n) is 2.33. The Bertz CT molecular complexity index is 572. The molecule has 4 heteroatoms. The quantitative estimate of drug-likeness (QED) is 0.817. The molecule has 1 aromatic heterocycles. The molecule has 1 aromatic carbocycles. The number of ether oxygens (including phenoxy) is 2. The van der Waals surface area contributed by atoms with Gasteiger partial charge in [-0.05, 0) is 6.07 Å². The molecule has 1 aliphatic rings. The van der Waals surface area contributed by atoms with Crippen LogP contribution in [0.3, 0.4) is 0 Å². The molecule has 4 nitrogen and oxygen atoms in total. The molecule has 0 bridgehead atoms. The SMILES string of the molecule is COC1CC(=O)CC(c2coc3ccccc23)O1. The molecule has 3 rings (SSSR count). The largest absolute Gasteiger partial charge is 0.464 e. The zero-order valence-electron chi connectivity index (χ0n) is 10.1. The average molecular weight is 246 g/mol. The summed E-state index contributed by atoms with van der Waals surface area (Å²) in [6.07, 6.45) is 1.64. The molecule has 0 spiro atoms. The van der Waals surface area contributed by atoms with Gasteiger partial charge >= 0.3 is 0 Å². The lowest BCUT2D eigenvalue weighted by Crippen LogP contribution is -2.29. The van der Waals surface area contributed by atoms with Gasteiger partial charge in [0.1, 0.15) is 11.4 Å². The van der Waals surface area contributed by atoms with Crippen molar-refractivity contribution in [1.82, 2.24) is 0 Å². The maximum absolute atomic E-state index is 11.7. The number of fused-ring (bicyclic) bond motifs is 1. The molecule has 0 N–H and O–H groups in total. The van der Waals surface area contributed by atoms with E-state index in [0.29, 0.717) is 12.8 Å². The predicted octanol–water partition coefficient (Wildman–Crippen LogP) is 2.83. The first-order valence-corrected chi connectivity index (χ1v) is 5.94. The van der Waals surface area contributed by atoms with E-state index in [1.807, 2.05) is 24.3 Å². The minimum atomic E-state index is -0.454. The van der Waals surface area contributed by atoms with Crippen LogP contribution in [0.2, 0.25) is 0 Å². The third-order valence-corrected chi connectivity index (χ3v) is 3.24. The molecule has 1 aliphatic heterocycles. The van der Waals surface area contributed by atoms with E-state index in [2.05, 4.69) is 0 Å². The third-order valence-electron chi connectivity index (χ3n) is 3.24. The van der Waals surface area contributed by atoms with Gasteiger partial charge < -0.3 is 13.9 Å². The number of carbonyl (C=O) groups is 1. The number of para-hydroxylation sites is 1. The third kappa shape index (κ3) is 1.94. The van der Waals surface area contributed by atoms with Crippen LogP contribution in [0.4, 0.5) is 0 Å². The summed E-state index contributed by atoms with van der Waals surface area (Å²) in [5.41, 5.74) is 1.73. The summed E-state index contributed by atoms with van der Waals surface area (Å²) in [5.74, 6) is 0.156. The number of benzene rings is 1. The number of ketones is 1. The highest BCUT2D eigenvalue weighted by Gasteiger charge is 2.30. The van der Waals surface area contributed by atoms with Gasteiger partial charge in [-0.15, -0.1) is 0 Å². The van der Waals surface area contributed by atoms with Crippen LogP contribution in [0.25, 0.3) is 11.0 Å². The lowest BCUT2D eigenvalue weighted by atomic mass is 9.99. The molecule has 1 saturated heterocycles. The molecule has 2 atom stereocenters. The van der Waals surface area contributed by atoms with Crippen molar-refractivity contribution < 1.29 is 18.7 Å². The molecular formula is C14H14O4. The Morgan fingerprint density at radius 1 is 1.28 bits per heavy atom. The monoisotopic (exact) mass is 246 g/mol. The molecule has 94 valence electrons. The fraction of sp³-hybridized carbons (Fsp3) is 0.357. The first-order valence-electron chi connectivity index (χ1n) is 5.94. The Morgan fingerprint density at radius 2 is 2.11 bits per heavy atom. The zero-order chi connectivity index (χ0) is 12.5. The van der Waals surface area contributed by atoms with Crippen molar-refractivity contribution in [2.24, 2.45) is 0 Å². The van der Waals surface area contributed by atoms with Gasteiger partial charge in [-0.2, -0.15) is 0 Å². The Kier molecular flexibility index (Phi) is 2.89. The molecule has 2 aromatic rings. The van der Waals surface area contributed by atoms with Gasteiger partial charge in [-0.25, -0.2) is 0 Å². The molecule has 2 unspecified atom stereocenters. The van der Waals surface area contributed by atoms with Crippen molar-refractivity contribution in [3.05, 3.63) is 36.1 Å². The summed E-state index contributed by atoms with van der Waals surface area (Å²) in [5, 5.41) is 0.993. The Balaban J connectivity index is 1.96. The molecule has 0 aliphatic carbocycles. The van der Waals surface area contributed by atoms with Gasteiger partial charge in [0.05, 0.1) is 18.8 Å². The van der Waals surface area contributed by atoms with Crippen molar-refractivity contribution in [2.45, 2.75) is 25.2 Å². The van der Waals surface area contributed by atoms with Gasteiger partial charge in [-0.1, -0.05) is 18.2 Å². The normalized spacial score (nSPS) is 24.6. The van der Waals surface area contributed by atoms with Crippen molar-refractivity contribution in [3.63, 3.8) is 0 Å². The summed E-state index contributed by atoms with van der Waals surface area (Å²) >= 11 is 0. The highest BCUT2D eigenvalue weighted by Crippen LogP contribution is 2.34. The molecule has 0 saturated carbocycles. The number of hydrogen-bond donors (Lipinski definition) is 0. The van der Waals surface area contributed by atoms with Gasteiger partial charge in [0, 0.05) is 24.5 Å². The summed E-state index contributed by atoms with van der Waals surface area (Å²) in [4.78, 5) is 11.7. The molecule has 1 fully saturated rings. The lowest BCUT2D eigenvalue weighted by molar-refractivity contribution is -0.185. The second kappa shape index (κ2) is 4.55. The highest BCUT2D eigenvalue weighted by molar-refractivity contribution is 5.84. The van der Waals surface area contributed by atoms with Crippen molar-refractivity contribution in [1.29, 1.82) is 0 Å². The minimum absolute atomic E-state index is 0.156. The van der Waals surface area contributed by atoms with Crippen LogP contribution >= 0.6 is 0 Å².